The Balaban J connectivity index is 1.85. The zero-order valence-corrected chi connectivity index (χ0v) is 16.6. The Hall–Kier alpha value is -2.43. The largest absolute Gasteiger partial charge is 0.444 e. The lowest BCUT2D eigenvalue weighted by Crippen LogP contribution is -2.39. The number of nitrogens with zero attached hydrogens (tertiary/aromatic N) is 2. The van der Waals surface area contributed by atoms with Gasteiger partial charge in [0.05, 0.1) is 10.9 Å². The van der Waals surface area contributed by atoms with E-state index < -0.39 is 11.0 Å². The average molecular weight is 368 g/mol. The molecule has 27 heavy (non-hydrogen) atoms. The lowest BCUT2D eigenvalue weighted by atomic mass is 9.77. The number of pyridine rings is 1. The number of ether oxygens (including phenoxy) is 1. The number of likely N-dealkylation sites (tertiary alicyclic amines) is 1. The van der Waals surface area contributed by atoms with E-state index in [2.05, 4.69) is 11.9 Å². The van der Waals surface area contributed by atoms with E-state index in [-0.39, 0.29) is 11.9 Å². The first-order valence-electron chi connectivity index (χ1n) is 9.63. The molecule has 1 unspecified atom stereocenters. The first-order chi connectivity index (χ1) is 12.7. The van der Waals surface area contributed by atoms with Crippen LogP contribution in [0.3, 0.4) is 0 Å². The highest BCUT2D eigenvalue weighted by atomic mass is 16.6. The van der Waals surface area contributed by atoms with Crippen molar-refractivity contribution in [1.29, 1.82) is 0 Å². The van der Waals surface area contributed by atoms with Crippen LogP contribution in [0, 0.1) is 5.41 Å². The van der Waals surface area contributed by atoms with Gasteiger partial charge in [-0.1, -0.05) is 37.6 Å². The predicted molar refractivity (Wildman–Crippen MR) is 106 cm³/mol. The fourth-order valence-corrected chi connectivity index (χ4v) is 3.80. The van der Waals surface area contributed by atoms with Crippen molar-refractivity contribution >= 4 is 22.8 Å². The third-order valence-corrected chi connectivity index (χ3v) is 5.05. The van der Waals surface area contributed by atoms with Crippen LogP contribution in [-0.2, 0) is 4.74 Å². The van der Waals surface area contributed by atoms with Gasteiger partial charge in [0, 0.05) is 18.5 Å². The number of rotatable bonds is 4. The molecule has 1 aromatic carbocycles. The zero-order chi connectivity index (χ0) is 19.7. The Bertz CT molecular complexity index is 856. The molecule has 1 amide bonds. The van der Waals surface area contributed by atoms with E-state index in [1.54, 1.807) is 11.0 Å². The van der Waals surface area contributed by atoms with Gasteiger partial charge in [0.2, 0.25) is 0 Å². The molecular formula is C22H28N2O3. The fourth-order valence-electron chi connectivity index (χ4n) is 3.80. The molecular weight excluding hydrogens is 340 g/mol. The van der Waals surface area contributed by atoms with Gasteiger partial charge in [0.15, 0.2) is 5.78 Å². The van der Waals surface area contributed by atoms with Crippen molar-refractivity contribution in [2.24, 2.45) is 5.41 Å². The molecule has 2 heterocycles. The quantitative estimate of drug-likeness (QED) is 0.724. The van der Waals surface area contributed by atoms with Crippen molar-refractivity contribution in [2.45, 2.75) is 52.6 Å². The van der Waals surface area contributed by atoms with E-state index in [1.807, 2.05) is 51.1 Å². The Morgan fingerprint density at radius 3 is 2.63 bits per heavy atom. The minimum Gasteiger partial charge on any atom is -0.444 e. The number of benzene rings is 1. The SMILES string of the molecule is CCCC1(C(=O)c2ccc3ccccc3n2)CCN(C(=O)OC(C)(C)C)C1. The molecule has 1 fully saturated rings. The van der Waals surface area contributed by atoms with Crippen molar-refractivity contribution in [2.75, 3.05) is 13.1 Å². The van der Waals surface area contributed by atoms with Gasteiger partial charge < -0.3 is 9.64 Å². The number of fused-ring (bicyclic) bond motifs is 1. The predicted octanol–water partition coefficient (Wildman–Crippen LogP) is 4.84. The van der Waals surface area contributed by atoms with E-state index in [1.165, 1.54) is 0 Å². The summed E-state index contributed by atoms with van der Waals surface area (Å²) < 4.78 is 5.50. The molecule has 144 valence electrons. The summed E-state index contributed by atoms with van der Waals surface area (Å²) in [6.45, 7) is 8.55. The standard InChI is InChI=1S/C22H28N2O3/c1-5-12-22(13-14-24(15-22)20(26)27-21(2,3)4)19(25)18-11-10-16-8-6-7-9-17(16)23-18/h6-11H,5,12-15H2,1-4H3. The molecule has 1 atom stereocenters. The number of hydrogen-bond donors (Lipinski definition) is 0. The van der Waals surface area contributed by atoms with E-state index in [4.69, 9.17) is 4.74 Å². The molecule has 1 saturated heterocycles. The Morgan fingerprint density at radius 2 is 1.93 bits per heavy atom. The third-order valence-electron chi connectivity index (χ3n) is 5.05. The highest BCUT2D eigenvalue weighted by Crippen LogP contribution is 2.39. The van der Waals surface area contributed by atoms with Crippen LogP contribution in [0.15, 0.2) is 36.4 Å². The number of ketones is 1. The number of hydrogen-bond acceptors (Lipinski definition) is 4. The maximum absolute atomic E-state index is 13.4. The Morgan fingerprint density at radius 1 is 1.19 bits per heavy atom. The number of carbonyl (C=O) groups is 2. The van der Waals surface area contributed by atoms with Crippen molar-refractivity contribution in [3.8, 4) is 0 Å². The summed E-state index contributed by atoms with van der Waals surface area (Å²) in [4.78, 5) is 32.1. The molecule has 0 radical (unpaired) electrons. The molecule has 0 saturated carbocycles. The first-order valence-corrected chi connectivity index (χ1v) is 9.63. The monoisotopic (exact) mass is 368 g/mol. The van der Waals surface area contributed by atoms with Crippen molar-refractivity contribution < 1.29 is 14.3 Å². The maximum atomic E-state index is 13.4. The van der Waals surface area contributed by atoms with Crippen LogP contribution < -0.4 is 0 Å². The van der Waals surface area contributed by atoms with Crippen LogP contribution in [-0.4, -0.2) is 40.5 Å². The summed E-state index contributed by atoms with van der Waals surface area (Å²) in [6.07, 6.45) is 1.91. The van der Waals surface area contributed by atoms with E-state index >= 15 is 0 Å². The summed E-state index contributed by atoms with van der Waals surface area (Å²) in [6, 6.07) is 11.5. The number of Topliss-reactive ketones (excluding diaryl/α,β-unsaturated/α-hetero) is 1. The third kappa shape index (κ3) is 4.12. The zero-order valence-electron chi connectivity index (χ0n) is 16.6. The summed E-state index contributed by atoms with van der Waals surface area (Å²) in [5.41, 5.74) is 0.170. The van der Waals surface area contributed by atoms with Crippen LogP contribution >= 0.6 is 0 Å². The van der Waals surface area contributed by atoms with Gasteiger partial charge in [-0.05, 0) is 45.7 Å². The minimum absolute atomic E-state index is 0.0289. The maximum Gasteiger partial charge on any atom is 0.410 e. The van der Waals surface area contributed by atoms with E-state index in [0.29, 0.717) is 25.2 Å². The summed E-state index contributed by atoms with van der Waals surface area (Å²) >= 11 is 0. The number of para-hydroxylation sites is 1. The number of aromatic nitrogens is 1. The van der Waals surface area contributed by atoms with Crippen LogP contribution in [0.5, 0.6) is 0 Å². The molecule has 0 N–H and O–H groups in total. The van der Waals surface area contributed by atoms with Gasteiger partial charge in [-0.25, -0.2) is 9.78 Å². The second-order valence-corrected chi connectivity index (χ2v) is 8.40. The second kappa shape index (κ2) is 7.29. The van der Waals surface area contributed by atoms with Gasteiger partial charge in [-0.15, -0.1) is 0 Å². The first kappa shape index (κ1) is 19.3. The molecule has 2 aromatic rings. The molecule has 3 rings (SSSR count). The average Bonchev–Trinajstić information content (AvgIpc) is 3.05. The number of amides is 1. The van der Waals surface area contributed by atoms with Crippen LogP contribution in [0.1, 0.15) is 57.4 Å². The van der Waals surface area contributed by atoms with Crippen LogP contribution in [0.2, 0.25) is 0 Å². The van der Waals surface area contributed by atoms with Crippen molar-refractivity contribution in [3.63, 3.8) is 0 Å². The summed E-state index contributed by atoms with van der Waals surface area (Å²) in [5.74, 6) is 0.0289. The highest BCUT2D eigenvalue weighted by molar-refractivity contribution is 6.01. The lowest BCUT2D eigenvalue weighted by Gasteiger charge is -2.28. The van der Waals surface area contributed by atoms with Gasteiger partial charge in [0.25, 0.3) is 0 Å². The topological polar surface area (TPSA) is 59.5 Å². The van der Waals surface area contributed by atoms with Gasteiger partial charge in [-0.3, -0.25) is 4.79 Å². The molecule has 5 heteroatoms. The highest BCUT2D eigenvalue weighted by Gasteiger charge is 2.46. The smallest absolute Gasteiger partial charge is 0.410 e. The Labute approximate surface area is 160 Å². The van der Waals surface area contributed by atoms with Crippen LogP contribution in [0.4, 0.5) is 4.79 Å². The van der Waals surface area contributed by atoms with Crippen molar-refractivity contribution in [1.82, 2.24) is 9.88 Å². The van der Waals surface area contributed by atoms with Gasteiger partial charge in [0.1, 0.15) is 11.3 Å². The van der Waals surface area contributed by atoms with E-state index in [9.17, 15) is 9.59 Å². The van der Waals surface area contributed by atoms with E-state index in [0.717, 1.165) is 23.7 Å². The van der Waals surface area contributed by atoms with Gasteiger partial charge in [-0.2, -0.15) is 0 Å². The summed E-state index contributed by atoms with van der Waals surface area (Å²) in [5, 5.41) is 1.01. The molecule has 1 aliphatic rings. The summed E-state index contributed by atoms with van der Waals surface area (Å²) in [7, 11) is 0. The normalized spacial score (nSPS) is 20.1. The molecule has 5 nitrogen and oxygen atoms in total. The molecule has 1 aromatic heterocycles. The molecule has 0 spiro atoms. The number of carbonyl (C=O) groups excluding carboxylic acids is 2. The molecule has 0 aliphatic carbocycles. The molecule has 1 aliphatic heterocycles. The van der Waals surface area contributed by atoms with Crippen molar-refractivity contribution in [3.05, 3.63) is 42.1 Å². The molecule has 0 bridgehead atoms. The Kier molecular flexibility index (Phi) is 5.22. The lowest BCUT2D eigenvalue weighted by molar-refractivity contribution is 0.0272. The van der Waals surface area contributed by atoms with Gasteiger partial charge >= 0.3 is 6.09 Å². The second-order valence-electron chi connectivity index (χ2n) is 8.40. The fraction of sp³-hybridized carbons (Fsp3) is 0.500. The minimum atomic E-state index is -0.582. The van der Waals surface area contributed by atoms with Crippen LogP contribution in [0.25, 0.3) is 10.9 Å².